The predicted molar refractivity (Wildman–Crippen MR) is 66.7 cm³/mol. The van der Waals surface area contributed by atoms with Gasteiger partial charge in [0.1, 0.15) is 0 Å². The van der Waals surface area contributed by atoms with Crippen molar-refractivity contribution in [3.63, 3.8) is 0 Å². The van der Waals surface area contributed by atoms with Gasteiger partial charge in [-0.25, -0.2) is 0 Å². The van der Waals surface area contributed by atoms with Crippen molar-refractivity contribution < 1.29 is 4.79 Å². The second kappa shape index (κ2) is 4.15. The number of amides is 1. The maximum atomic E-state index is 12.4. The van der Waals surface area contributed by atoms with Crippen LogP contribution in [0.5, 0.6) is 0 Å². The summed E-state index contributed by atoms with van der Waals surface area (Å²) in [5.74, 6) is 0.371. The monoisotopic (exact) mass is 230 g/mol. The number of carbonyl (C=O) groups excluding carboxylic acids is 1. The molecule has 90 valence electrons. The van der Waals surface area contributed by atoms with Gasteiger partial charge in [-0.2, -0.15) is 0 Å². The molecule has 0 aromatic heterocycles. The van der Waals surface area contributed by atoms with E-state index >= 15 is 0 Å². The Balaban J connectivity index is 1.72. The second-order valence-electron chi connectivity index (χ2n) is 5.14. The fourth-order valence-electron chi connectivity index (χ4n) is 2.91. The minimum absolute atomic E-state index is 0.0940. The van der Waals surface area contributed by atoms with E-state index in [9.17, 15) is 4.79 Å². The average molecular weight is 230 g/mol. The molecule has 2 atom stereocenters. The van der Waals surface area contributed by atoms with Crippen LogP contribution in [0.4, 0.5) is 0 Å². The van der Waals surface area contributed by atoms with Crippen LogP contribution in [0.2, 0.25) is 0 Å². The minimum atomic E-state index is 0.0940. The SMILES string of the molecule is NC1CCCN(C(=O)C2Cc3ccccc32)C1. The number of nitrogens with two attached hydrogens (primary N) is 1. The summed E-state index contributed by atoms with van der Waals surface area (Å²) < 4.78 is 0. The largest absolute Gasteiger partial charge is 0.341 e. The Morgan fingerprint density at radius 1 is 1.35 bits per heavy atom. The highest BCUT2D eigenvalue weighted by Crippen LogP contribution is 2.36. The number of likely N-dealkylation sites (tertiary alicyclic amines) is 1. The summed E-state index contributed by atoms with van der Waals surface area (Å²) in [5.41, 5.74) is 8.47. The summed E-state index contributed by atoms with van der Waals surface area (Å²) in [6.07, 6.45) is 2.99. The molecule has 0 saturated carbocycles. The molecular formula is C14H18N2O. The number of carbonyl (C=O) groups is 1. The Hall–Kier alpha value is -1.35. The number of rotatable bonds is 1. The van der Waals surface area contributed by atoms with E-state index in [1.54, 1.807) is 0 Å². The van der Waals surface area contributed by atoms with Gasteiger partial charge in [-0.3, -0.25) is 4.79 Å². The smallest absolute Gasteiger partial charge is 0.230 e. The van der Waals surface area contributed by atoms with Gasteiger partial charge in [0.25, 0.3) is 0 Å². The molecule has 1 saturated heterocycles. The van der Waals surface area contributed by atoms with Gasteiger partial charge in [0.2, 0.25) is 5.91 Å². The van der Waals surface area contributed by atoms with Crippen LogP contribution in [0.25, 0.3) is 0 Å². The Bertz CT molecular complexity index is 444. The van der Waals surface area contributed by atoms with E-state index in [4.69, 9.17) is 5.73 Å². The summed E-state index contributed by atoms with van der Waals surface area (Å²) in [7, 11) is 0. The summed E-state index contributed by atoms with van der Waals surface area (Å²) in [6, 6.07) is 8.41. The Morgan fingerprint density at radius 3 is 2.94 bits per heavy atom. The first-order valence-electron chi connectivity index (χ1n) is 6.38. The molecule has 3 nitrogen and oxygen atoms in total. The molecule has 2 unspecified atom stereocenters. The number of nitrogens with zero attached hydrogens (tertiary/aromatic N) is 1. The quantitative estimate of drug-likeness (QED) is 0.790. The van der Waals surface area contributed by atoms with Gasteiger partial charge < -0.3 is 10.6 Å². The molecule has 1 aliphatic carbocycles. The molecule has 2 N–H and O–H groups in total. The van der Waals surface area contributed by atoms with Gasteiger partial charge in [0.15, 0.2) is 0 Å². The highest BCUT2D eigenvalue weighted by atomic mass is 16.2. The first-order valence-corrected chi connectivity index (χ1v) is 6.38. The van der Waals surface area contributed by atoms with Crippen molar-refractivity contribution >= 4 is 5.91 Å². The molecule has 3 heteroatoms. The maximum Gasteiger partial charge on any atom is 0.230 e. The van der Waals surface area contributed by atoms with Crippen LogP contribution < -0.4 is 5.73 Å². The highest BCUT2D eigenvalue weighted by Gasteiger charge is 2.35. The molecule has 1 amide bonds. The number of fused-ring (bicyclic) bond motifs is 1. The van der Waals surface area contributed by atoms with Gasteiger partial charge >= 0.3 is 0 Å². The zero-order valence-corrected chi connectivity index (χ0v) is 9.93. The van der Waals surface area contributed by atoms with Crippen LogP contribution in [-0.4, -0.2) is 29.9 Å². The molecule has 3 rings (SSSR count). The van der Waals surface area contributed by atoms with Crippen LogP contribution in [0.1, 0.15) is 29.9 Å². The van der Waals surface area contributed by atoms with E-state index in [0.717, 1.165) is 32.4 Å². The first-order chi connectivity index (χ1) is 8.25. The lowest BCUT2D eigenvalue weighted by Crippen LogP contribution is -2.48. The van der Waals surface area contributed by atoms with E-state index < -0.39 is 0 Å². The Morgan fingerprint density at radius 2 is 2.18 bits per heavy atom. The van der Waals surface area contributed by atoms with Crippen molar-refractivity contribution in [3.8, 4) is 0 Å². The van der Waals surface area contributed by atoms with Gasteiger partial charge in [0.05, 0.1) is 5.92 Å². The Kier molecular flexibility index (Phi) is 2.63. The molecular weight excluding hydrogens is 212 g/mol. The summed E-state index contributed by atoms with van der Waals surface area (Å²) >= 11 is 0. The topological polar surface area (TPSA) is 46.3 Å². The number of piperidine rings is 1. The van der Waals surface area contributed by atoms with E-state index in [0.29, 0.717) is 0 Å². The van der Waals surface area contributed by atoms with Gasteiger partial charge in [-0.15, -0.1) is 0 Å². The van der Waals surface area contributed by atoms with Crippen molar-refractivity contribution in [3.05, 3.63) is 35.4 Å². The van der Waals surface area contributed by atoms with Crippen LogP contribution >= 0.6 is 0 Å². The molecule has 0 spiro atoms. The zero-order chi connectivity index (χ0) is 11.8. The third-order valence-corrected chi connectivity index (χ3v) is 3.92. The molecule has 0 bridgehead atoms. The normalized spacial score (nSPS) is 27.2. The van der Waals surface area contributed by atoms with Crippen LogP contribution in [0, 0.1) is 0 Å². The van der Waals surface area contributed by atoms with Gasteiger partial charge in [-0.05, 0) is 30.4 Å². The number of benzene rings is 1. The lowest BCUT2D eigenvalue weighted by Gasteiger charge is -2.37. The van der Waals surface area contributed by atoms with Crippen molar-refractivity contribution in [2.45, 2.75) is 31.2 Å². The van der Waals surface area contributed by atoms with Crippen LogP contribution in [0.15, 0.2) is 24.3 Å². The third-order valence-electron chi connectivity index (χ3n) is 3.92. The number of hydrogen-bond acceptors (Lipinski definition) is 2. The zero-order valence-electron chi connectivity index (χ0n) is 9.93. The number of hydrogen-bond donors (Lipinski definition) is 1. The second-order valence-corrected chi connectivity index (χ2v) is 5.14. The molecule has 1 fully saturated rings. The van der Waals surface area contributed by atoms with Gasteiger partial charge in [0, 0.05) is 19.1 Å². The summed E-state index contributed by atoms with van der Waals surface area (Å²) in [5, 5.41) is 0. The molecule has 0 radical (unpaired) electrons. The predicted octanol–water partition coefficient (Wildman–Crippen LogP) is 1.28. The molecule has 1 aliphatic heterocycles. The minimum Gasteiger partial charge on any atom is -0.341 e. The van der Waals surface area contributed by atoms with Crippen molar-refractivity contribution in [2.24, 2.45) is 5.73 Å². The third kappa shape index (κ3) is 1.84. The van der Waals surface area contributed by atoms with Crippen LogP contribution in [-0.2, 0) is 11.2 Å². The first kappa shape index (κ1) is 10.8. The molecule has 17 heavy (non-hydrogen) atoms. The average Bonchev–Trinajstić information content (AvgIpc) is 2.30. The Labute approximate surface area is 102 Å². The van der Waals surface area contributed by atoms with E-state index in [-0.39, 0.29) is 17.9 Å². The maximum absolute atomic E-state index is 12.4. The summed E-state index contributed by atoms with van der Waals surface area (Å²) in [4.78, 5) is 14.3. The molecule has 1 aromatic carbocycles. The lowest BCUT2D eigenvalue weighted by atomic mass is 9.76. The fourth-order valence-corrected chi connectivity index (χ4v) is 2.91. The van der Waals surface area contributed by atoms with Crippen molar-refractivity contribution in [1.29, 1.82) is 0 Å². The molecule has 1 aromatic rings. The van der Waals surface area contributed by atoms with E-state index in [2.05, 4.69) is 12.1 Å². The van der Waals surface area contributed by atoms with Crippen molar-refractivity contribution in [1.82, 2.24) is 4.90 Å². The standard InChI is InChI=1S/C14H18N2O/c15-11-5-3-7-16(9-11)14(17)13-8-10-4-1-2-6-12(10)13/h1-2,4,6,11,13H,3,5,7-9,15H2. The lowest BCUT2D eigenvalue weighted by molar-refractivity contribution is -0.134. The van der Waals surface area contributed by atoms with E-state index in [1.165, 1.54) is 11.1 Å². The fraction of sp³-hybridized carbons (Fsp3) is 0.500. The van der Waals surface area contributed by atoms with E-state index in [1.807, 2.05) is 17.0 Å². The molecule has 1 heterocycles. The van der Waals surface area contributed by atoms with Crippen molar-refractivity contribution in [2.75, 3.05) is 13.1 Å². The molecule has 2 aliphatic rings. The highest BCUT2D eigenvalue weighted by molar-refractivity contribution is 5.87. The van der Waals surface area contributed by atoms with Crippen LogP contribution in [0.3, 0.4) is 0 Å². The summed E-state index contributed by atoms with van der Waals surface area (Å²) in [6.45, 7) is 1.61. The van der Waals surface area contributed by atoms with Gasteiger partial charge in [-0.1, -0.05) is 24.3 Å².